The Hall–Kier alpha value is -3.10. The summed E-state index contributed by atoms with van der Waals surface area (Å²) in [5.41, 5.74) is 1.35. The van der Waals surface area contributed by atoms with Crippen LogP contribution < -0.4 is 9.64 Å². The molecule has 0 spiro atoms. The van der Waals surface area contributed by atoms with Crippen LogP contribution in [0, 0.1) is 6.92 Å². The molecule has 1 aromatic carbocycles. The standard InChI is InChI=1S/C17H15F3N4O2/c1-11-22-16(26-23-11)13-6-7-21-15(9-13)24(2)10-12-4-3-5-14(8-12)25-17(18,19)20/h3-9H,10H2,1-2H3. The van der Waals surface area contributed by atoms with E-state index >= 15 is 0 Å². The molecule has 0 atom stereocenters. The topological polar surface area (TPSA) is 64.3 Å². The maximum Gasteiger partial charge on any atom is 0.573 e. The molecule has 26 heavy (non-hydrogen) atoms. The number of aromatic nitrogens is 3. The molecule has 9 heteroatoms. The summed E-state index contributed by atoms with van der Waals surface area (Å²) < 4.78 is 46.1. The van der Waals surface area contributed by atoms with Gasteiger partial charge in [-0.3, -0.25) is 0 Å². The van der Waals surface area contributed by atoms with Crippen LogP contribution in [0.4, 0.5) is 19.0 Å². The molecule has 0 saturated carbocycles. The van der Waals surface area contributed by atoms with Gasteiger partial charge >= 0.3 is 6.36 Å². The maximum absolute atomic E-state index is 12.3. The van der Waals surface area contributed by atoms with Gasteiger partial charge in [-0.1, -0.05) is 17.3 Å². The molecule has 2 heterocycles. The molecule has 0 fully saturated rings. The molecule has 3 rings (SSSR count). The van der Waals surface area contributed by atoms with Crippen molar-refractivity contribution in [2.75, 3.05) is 11.9 Å². The van der Waals surface area contributed by atoms with Crippen molar-refractivity contribution in [1.82, 2.24) is 15.1 Å². The summed E-state index contributed by atoms with van der Waals surface area (Å²) in [4.78, 5) is 10.2. The van der Waals surface area contributed by atoms with Crippen molar-refractivity contribution in [2.45, 2.75) is 19.8 Å². The Morgan fingerprint density at radius 1 is 1.19 bits per heavy atom. The van der Waals surface area contributed by atoms with Crippen LogP contribution in [0.5, 0.6) is 5.75 Å². The fourth-order valence-electron chi connectivity index (χ4n) is 2.37. The second-order valence-corrected chi connectivity index (χ2v) is 5.60. The third-order valence-electron chi connectivity index (χ3n) is 3.46. The van der Waals surface area contributed by atoms with Gasteiger partial charge in [0.25, 0.3) is 5.89 Å². The zero-order valence-corrected chi connectivity index (χ0v) is 14.0. The average Bonchev–Trinajstić information content (AvgIpc) is 3.00. The Kier molecular flexibility index (Phi) is 4.79. The normalized spacial score (nSPS) is 11.4. The van der Waals surface area contributed by atoms with E-state index in [9.17, 15) is 13.2 Å². The van der Waals surface area contributed by atoms with Gasteiger partial charge in [0.2, 0.25) is 0 Å². The van der Waals surface area contributed by atoms with Gasteiger partial charge in [-0.2, -0.15) is 4.98 Å². The van der Waals surface area contributed by atoms with E-state index < -0.39 is 6.36 Å². The quantitative estimate of drug-likeness (QED) is 0.682. The lowest BCUT2D eigenvalue weighted by Crippen LogP contribution is -2.19. The van der Waals surface area contributed by atoms with Gasteiger partial charge in [0.1, 0.15) is 11.6 Å². The van der Waals surface area contributed by atoms with Crippen LogP contribution in [-0.2, 0) is 6.54 Å². The van der Waals surface area contributed by atoms with Crippen LogP contribution in [0.1, 0.15) is 11.4 Å². The van der Waals surface area contributed by atoms with Crippen molar-refractivity contribution in [1.29, 1.82) is 0 Å². The summed E-state index contributed by atoms with van der Waals surface area (Å²) in [5.74, 6) is 1.25. The zero-order chi connectivity index (χ0) is 18.7. The van der Waals surface area contributed by atoms with Crippen molar-refractivity contribution in [3.8, 4) is 17.2 Å². The summed E-state index contributed by atoms with van der Waals surface area (Å²) in [7, 11) is 1.78. The van der Waals surface area contributed by atoms with Crippen molar-refractivity contribution in [2.24, 2.45) is 0 Å². The molecule has 0 bridgehead atoms. The molecule has 0 aliphatic heterocycles. The van der Waals surface area contributed by atoms with Crippen molar-refractivity contribution < 1.29 is 22.4 Å². The first-order valence-corrected chi connectivity index (χ1v) is 7.63. The number of rotatable bonds is 5. The summed E-state index contributed by atoms with van der Waals surface area (Å²) in [6.45, 7) is 2.06. The number of anilines is 1. The number of ether oxygens (including phenoxy) is 1. The SMILES string of the molecule is Cc1noc(-c2ccnc(N(C)Cc3cccc(OC(F)(F)F)c3)c2)n1. The van der Waals surface area contributed by atoms with E-state index in [4.69, 9.17) is 4.52 Å². The number of alkyl halides is 3. The summed E-state index contributed by atoms with van der Waals surface area (Å²) >= 11 is 0. The smallest absolute Gasteiger partial charge is 0.406 e. The van der Waals surface area contributed by atoms with Gasteiger partial charge < -0.3 is 14.2 Å². The number of hydrogen-bond acceptors (Lipinski definition) is 6. The third kappa shape index (κ3) is 4.50. The first-order chi connectivity index (χ1) is 12.3. The number of aryl methyl sites for hydroxylation is 1. The van der Waals surface area contributed by atoms with Gasteiger partial charge in [0, 0.05) is 25.4 Å². The highest BCUT2D eigenvalue weighted by Gasteiger charge is 2.31. The number of hydrogen-bond donors (Lipinski definition) is 0. The van der Waals surface area contributed by atoms with Crippen LogP contribution in [0.3, 0.4) is 0 Å². The Bertz CT molecular complexity index is 895. The zero-order valence-electron chi connectivity index (χ0n) is 14.0. The summed E-state index contributed by atoms with van der Waals surface area (Å²) in [6.07, 6.45) is -3.12. The van der Waals surface area contributed by atoms with Crippen molar-refractivity contribution in [3.05, 3.63) is 54.0 Å². The molecule has 0 aliphatic rings. The molecule has 0 saturated heterocycles. The van der Waals surface area contributed by atoms with E-state index in [-0.39, 0.29) is 5.75 Å². The van der Waals surface area contributed by atoms with E-state index in [1.807, 2.05) is 0 Å². The van der Waals surface area contributed by atoms with Gasteiger partial charge in [-0.25, -0.2) is 4.98 Å². The number of pyridine rings is 1. The first-order valence-electron chi connectivity index (χ1n) is 7.63. The van der Waals surface area contributed by atoms with E-state index in [0.29, 0.717) is 35.2 Å². The van der Waals surface area contributed by atoms with Crippen LogP contribution in [0.25, 0.3) is 11.5 Å². The fraction of sp³-hybridized carbons (Fsp3) is 0.235. The second kappa shape index (κ2) is 7.03. The number of nitrogens with zero attached hydrogens (tertiary/aromatic N) is 4. The lowest BCUT2D eigenvalue weighted by Gasteiger charge is -2.19. The minimum atomic E-state index is -4.72. The Morgan fingerprint density at radius 2 is 2.00 bits per heavy atom. The lowest BCUT2D eigenvalue weighted by atomic mass is 10.2. The van der Waals surface area contributed by atoms with Crippen LogP contribution in [-0.4, -0.2) is 28.5 Å². The molecule has 136 valence electrons. The van der Waals surface area contributed by atoms with Gasteiger partial charge in [0.05, 0.1) is 0 Å². The number of halogens is 3. The molecular formula is C17H15F3N4O2. The summed E-state index contributed by atoms with van der Waals surface area (Å²) in [5, 5.41) is 3.75. The molecule has 0 radical (unpaired) electrons. The van der Waals surface area contributed by atoms with Crippen molar-refractivity contribution in [3.63, 3.8) is 0 Å². The Balaban J connectivity index is 1.76. The summed E-state index contributed by atoms with van der Waals surface area (Å²) in [6, 6.07) is 9.33. The van der Waals surface area contributed by atoms with Gasteiger partial charge in [-0.15, -0.1) is 13.2 Å². The molecule has 0 N–H and O–H groups in total. The second-order valence-electron chi connectivity index (χ2n) is 5.60. The average molecular weight is 364 g/mol. The molecule has 0 unspecified atom stereocenters. The Morgan fingerprint density at radius 3 is 2.69 bits per heavy atom. The highest BCUT2D eigenvalue weighted by molar-refractivity contribution is 5.58. The minimum Gasteiger partial charge on any atom is -0.406 e. The predicted molar refractivity (Wildman–Crippen MR) is 87.5 cm³/mol. The predicted octanol–water partition coefficient (Wildman–Crippen LogP) is 3.98. The molecular weight excluding hydrogens is 349 g/mol. The highest BCUT2D eigenvalue weighted by Crippen LogP contribution is 2.25. The van der Waals surface area contributed by atoms with E-state index in [1.165, 1.54) is 18.2 Å². The molecule has 0 aliphatic carbocycles. The maximum atomic E-state index is 12.3. The van der Waals surface area contributed by atoms with E-state index in [2.05, 4.69) is 19.9 Å². The Labute approximate surface area is 147 Å². The largest absolute Gasteiger partial charge is 0.573 e. The van der Waals surface area contributed by atoms with Gasteiger partial charge in [0.15, 0.2) is 5.82 Å². The molecule has 6 nitrogen and oxygen atoms in total. The lowest BCUT2D eigenvalue weighted by molar-refractivity contribution is -0.274. The van der Waals surface area contributed by atoms with Gasteiger partial charge in [-0.05, 0) is 36.8 Å². The monoisotopic (exact) mass is 364 g/mol. The first kappa shape index (κ1) is 17.7. The minimum absolute atomic E-state index is 0.258. The van der Waals surface area contributed by atoms with E-state index in [0.717, 1.165) is 0 Å². The molecule has 0 amide bonds. The molecule has 3 aromatic rings. The van der Waals surface area contributed by atoms with E-state index in [1.54, 1.807) is 43.3 Å². The van der Waals surface area contributed by atoms with Crippen LogP contribution in [0.15, 0.2) is 47.1 Å². The number of benzene rings is 1. The third-order valence-corrected chi connectivity index (χ3v) is 3.46. The fourth-order valence-corrected chi connectivity index (χ4v) is 2.37. The highest BCUT2D eigenvalue weighted by atomic mass is 19.4. The van der Waals surface area contributed by atoms with Crippen LogP contribution in [0.2, 0.25) is 0 Å². The molecule has 2 aromatic heterocycles. The van der Waals surface area contributed by atoms with Crippen molar-refractivity contribution >= 4 is 5.82 Å². The van der Waals surface area contributed by atoms with Crippen LogP contribution >= 0.6 is 0 Å².